The Kier molecular flexibility index (Phi) is 3.12. The van der Waals surface area contributed by atoms with E-state index in [0.717, 1.165) is 0 Å². The fraction of sp³-hybridized carbons (Fsp3) is 1.00. The summed E-state index contributed by atoms with van der Waals surface area (Å²) in [6.07, 6.45) is -9.29. The van der Waals surface area contributed by atoms with Gasteiger partial charge in [-0.2, -0.15) is 0 Å². The second-order valence-corrected chi connectivity index (χ2v) is 3.51. The second kappa shape index (κ2) is 3.70. The molecule has 7 nitrogen and oxygen atoms in total. The van der Waals surface area contributed by atoms with E-state index in [9.17, 15) is 15.3 Å². The minimum absolute atomic E-state index is 1.05. The van der Waals surface area contributed by atoms with Gasteiger partial charge in [0.15, 0.2) is 0 Å². The molecule has 0 aliphatic heterocycles. The van der Waals surface area contributed by atoms with Crippen LogP contribution in [0.1, 0.15) is 0 Å². The highest BCUT2D eigenvalue weighted by molar-refractivity contribution is 5.08. The Labute approximate surface area is 79.5 Å². The Bertz CT molecular complexity index is 192. The molecule has 14 heavy (non-hydrogen) atoms. The largest absolute Gasteiger partial charge is 0.393 e. The standard InChI is InChI=1S/C7H14O7/c8-1-7(14)5(12)3(10)2(9)4(11)6(7)13/h2-6,8-14H,1H2/t2?,3-,4+,5-,6-,7?/m1/s1. The van der Waals surface area contributed by atoms with Gasteiger partial charge in [0.2, 0.25) is 0 Å². The summed E-state index contributed by atoms with van der Waals surface area (Å²) in [5.41, 5.74) is -2.43. The van der Waals surface area contributed by atoms with E-state index in [4.69, 9.17) is 20.4 Å². The lowest BCUT2D eigenvalue weighted by Gasteiger charge is -2.46. The van der Waals surface area contributed by atoms with Crippen LogP contribution in [0, 0.1) is 0 Å². The van der Waals surface area contributed by atoms with Crippen LogP contribution in [0.4, 0.5) is 0 Å². The van der Waals surface area contributed by atoms with E-state index in [0.29, 0.717) is 0 Å². The molecule has 1 aliphatic rings. The van der Waals surface area contributed by atoms with E-state index in [2.05, 4.69) is 0 Å². The number of rotatable bonds is 1. The molecule has 1 rings (SSSR count). The maximum absolute atomic E-state index is 9.49. The third kappa shape index (κ3) is 1.43. The third-order valence-electron chi connectivity index (χ3n) is 2.62. The molecular weight excluding hydrogens is 196 g/mol. The average Bonchev–Trinajstić information content (AvgIpc) is 2.21. The zero-order valence-electron chi connectivity index (χ0n) is 7.22. The quantitative estimate of drug-likeness (QED) is 0.231. The maximum Gasteiger partial charge on any atom is 0.144 e. The third-order valence-corrected chi connectivity index (χ3v) is 2.62. The molecule has 1 fully saturated rings. The molecule has 84 valence electrons. The van der Waals surface area contributed by atoms with E-state index in [1.54, 1.807) is 0 Å². The Hall–Kier alpha value is -0.280. The number of hydrogen-bond acceptors (Lipinski definition) is 7. The van der Waals surface area contributed by atoms with Crippen LogP contribution >= 0.6 is 0 Å². The van der Waals surface area contributed by atoms with Gasteiger partial charge >= 0.3 is 0 Å². The van der Waals surface area contributed by atoms with E-state index in [1.165, 1.54) is 0 Å². The minimum atomic E-state index is -2.43. The summed E-state index contributed by atoms with van der Waals surface area (Å²) in [5, 5.41) is 64.2. The fourth-order valence-corrected chi connectivity index (χ4v) is 1.53. The molecule has 2 unspecified atom stereocenters. The highest BCUT2D eigenvalue weighted by Gasteiger charge is 2.57. The first-order valence-corrected chi connectivity index (χ1v) is 4.10. The number of hydrogen-bond donors (Lipinski definition) is 7. The second-order valence-electron chi connectivity index (χ2n) is 3.51. The van der Waals surface area contributed by atoms with Crippen molar-refractivity contribution in [3.05, 3.63) is 0 Å². The summed E-state index contributed by atoms with van der Waals surface area (Å²) in [6.45, 7) is -1.05. The van der Waals surface area contributed by atoms with E-state index >= 15 is 0 Å². The molecule has 0 aromatic heterocycles. The van der Waals surface area contributed by atoms with Crippen LogP contribution in [-0.4, -0.2) is 78.5 Å². The van der Waals surface area contributed by atoms with Gasteiger partial charge in [0, 0.05) is 0 Å². The number of aliphatic hydroxyl groups is 7. The monoisotopic (exact) mass is 210 g/mol. The van der Waals surface area contributed by atoms with Crippen molar-refractivity contribution in [3.63, 3.8) is 0 Å². The fourth-order valence-electron chi connectivity index (χ4n) is 1.53. The van der Waals surface area contributed by atoms with E-state index in [1.807, 2.05) is 0 Å². The van der Waals surface area contributed by atoms with Crippen molar-refractivity contribution >= 4 is 0 Å². The lowest BCUT2D eigenvalue weighted by atomic mass is 9.75. The summed E-state index contributed by atoms with van der Waals surface area (Å²) >= 11 is 0. The Morgan fingerprint density at radius 1 is 0.786 bits per heavy atom. The molecule has 0 radical (unpaired) electrons. The van der Waals surface area contributed by atoms with Gasteiger partial charge in [0.05, 0.1) is 6.61 Å². The lowest BCUT2D eigenvalue weighted by Crippen LogP contribution is -2.72. The van der Waals surface area contributed by atoms with Crippen LogP contribution < -0.4 is 0 Å². The van der Waals surface area contributed by atoms with Crippen LogP contribution in [0.25, 0.3) is 0 Å². The van der Waals surface area contributed by atoms with Crippen LogP contribution in [0.2, 0.25) is 0 Å². The summed E-state index contributed by atoms with van der Waals surface area (Å²) < 4.78 is 0. The molecule has 0 saturated heterocycles. The Morgan fingerprint density at radius 3 is 1.43 bits per heavy atom. The van der Waals surface area contributed by atoms with Crippen molar-refractivity contribution in [2.24, 2.45) is 0 Å². The predicted molar refractivity (Wildman–Crippen MR) is 42.1 cm³/mol. The van der Waals surface area contributed by atoms with Crippen molar-refractivity contribution in [2.45, 2.75) is 36.1 Å². The van der Waals surface area contributed by atoms with Crippen LogP contribution in [0.3, 0.4) is 0 Å². The summed E-state index contributed by atoms with van der Waals surface area (Å²) in [4.78, 5) is 0. The zero-order chi connectivity index (χ0) is 11.1. The van der Waals surface area contributed by atoms with Gasteiger partial charge in [-0.15, -0.1) is 0 Å². The molecule has 7 N–H and O–H groups in total. The average molecular weight is 210 g/mol. The molecular formula is C7H14O7. The van der Waals surface area contributed by atoms with Gasteiger partial charge in [-0.1, -0.05) is 0 Å². The molecule has 0 aromatic rings. The maximum atomic E-state index is 9.49. The smallest absolute Gasteiger partial charge is 0.144 e. The van der Waals surface area contributed by atoms with Crippen LogP contribution in [0.5, 0.6) is 0 Å². The van der Waals surface area contributed by atoms with Gasteiger partial charge in [0.25, 0.3) is 0 Å². The highest BCUT2D eigenvalue weighted by Crippen LogP contribution is 2.29. The van der Waals surface area contributed by atoms with Gasteiger partial charge in [-0.3, -0.25) is 0 Å². The molecule has 0 bridgehead atoms. The van der Waals surface area contributed by atoms with Crippen molar-refractivity contribution < 1.29 is 35.7 Å². The van der Waals surface area contributed by atoms with Crippen molar-refractivity contribution in [3.8, 4) is 0 Å². The molecule has 1 saturated carbocycles. The van der Waals surface area contributed by atoms with E-state index in [-0.39, 0.29) is 0 Å². The zero-order valence-corrected chi connectivity index (χ0v) is 7.22. The van der Waals surface area contributed by atoms with Crippen molar-refractivity contribution in [1.29, 1.82) is 0 Å². The number of aliphatic hydroxyl groups excluding tert-OH is 6. The molecule has 0 aromatic carbocycles. The molecule has 6 atom stereocenters. The van der Waals surface area contributed by atoms with Crippen molar-refractivity contribution in [2.75, 3.05) is 6.61 Å². The van der Waals surface area contributed by atoms with E-state index < -0.39 is 42.7 Å². The summed E-state index contributed by atoms with van der Waals surface area (Å²) in [6, 6.07) is 0. The van der Waals surface area contributed by atoms with Gasteiger partial charge in [0.1, 0.15) is 36.1 Å². The first kappa shape index (κ1) is 11.8. The van der Waals surface area contributed by atoms with Gasteiger partial charge in [-0.25, -0.2) is 0 Å². The normalized spacial score (nSPS) is 54.6. The molecule has 7 heteroatoms. The predicted octanol–water partition coefficient (Wildman–Crippen LogP) is -4.47. The van der Waals surface area contributed by atoms with Crippen molar-refractivity contribution in [1.82, 2.24) is 0 Å². The Morgan fingerprint density at radius 2 is 1.14 bits per heavy atom. The first-order valence-electron chi connectivity index (χ1n) is 4.10. The molecule has 1 aliphatic carbocycles. The molecule has 0 spiro atoms. The first-order chi connectivity index (χ1) is 6.36. The molecule has 0 amide bonds. The van der Waals surface area contributed by atoms with Gasteiger partial charge in [-0.05, 0) is 0 Å². The Balaban J connectivity index is 2.98. The molecule has 0 heterocycles. The lowest BCUT2D eigenvalue weighted by molar-refractivity contribution is -0.276. The summed E-state index contributed by atoms with van der Waals surface area (Å²) in [5.74, 6) is 0. The SMILES string of the molecule is OCC1(O)[C@H](O)[C@H](O)C(O)[C@H](O)[C@H]1O. The highest BCUT2D eigenvalue weighted by atomic mass is 16.4. The van der Waals surface area contributed by atoms with Gasteiger partial charge < -0.3 is 35.7 Å². The summed E-state index contributed by atoms with van der Waals surface area (Å²) in [7, 11) is 0. The van der Waals surface area contributed by atoms with Crippen LogP contribution in [-0.2, 0) is 0 Å². The topological polar surface area (TPSA) is 142 Å². The van der Waals surface area contributed by atoms with Crippen LogP contribution in [0.15, 0.2) is 0 Å². The minimum Gasteiger partial charge on any atom is -0.393 e.